The van der Waals surface area contributed by atoms with Gasteiger partial charge < -0.3 is 14.8 Å². The average Bonchev–Trinajstić information content (AvgIpc) is 3.05. The van der Waals surface area contributed by atoms with Crippen LogP contribution in [-0.4, -0.2) is 30.4 Å². The van der Waals surface area contributed by atoms with Crippen LogP contribution in [0.5, 0.6) is 5.06 Å². The molecule has 1 N–H and O–H groups in total. The maximum absolute atomic E-state index is 12.1. The van der Waals surface area contributed by atoms with Crippen LogP contribution in [-0.2, 0) is 4.74 Å². The highest BCUT2D eigenvalue weighted by molar-refractivity contribution is 8.00. The third-order valence-corrected chi connectivity index (χ3v) is 5.27. The molecule has 112 valence electrons. The van der Waals surface area contributed by atoms with Crippen LogP contribution in [0.25, 0.3) is 0 Å². The van der Waals surface area contributed by atoms with Gasteiger partial charge in [-0.3, -0.25) is 4.79 Å². The van der Waals surface area contributed by atoms with E-state index >= 15 is 0 Å². The molecule has 2 rings (SSSR count). The maximum Gasteiger partial charge on any atom is 0.514 e. The number of rotatable bonds is 4. The summed E-state index contributed by atoms with van der Waals surface area (Å²) in [5.41, 5.74) is 0. The van der Waals surface area contributed by atoms with Crippen molar-refractivity contribution in [3.63, 3.8) is 0 Å². The second-order valence-corrected chi connectivity index (χ2v) is 7.16. The third kappa shape index (κ3) is 4.10. The number of amides is 1. The van der Waals surface area contributed by atoms with Crippen LogP contribution in [0.3, 0.4) is 0 Å². The van der Waals surface area contributed by atoms with E-state index in [9.17, 15) is 9.59 Å². The van der Waals surface area contributed by atoms with Crippen molar-refractivity contribution < 1.29 is 19.1 Å². The Hall–Kier alpha value is -1.29. The second kappa shape index (κ2) is 7.12. The summed E-state index contributed by atoms with van der Waals surface area (Å²) in [4.78, 5) is 27.9. The first-order valence-electron chi connectivity index (χ1n) is 5.40. The van der Waals surface area contributed by atoms with E-state index in [1.807, 2.05) is 6.26 Å². The van der Waals surface area contributed by atoms with Gasteiger partial charge >= 0.3 is 6.16 Å². The first-order valence-corrected chi connectivity index (χ1v) is 8.64. The summed E-state index contributed by atoms with van der Waals surface area (Å²) in [6, 6.07) is 3.23. The van der Waals surface area contributed by atoms with Crippen LogP contribution in [0.2, 0.25) is 4.34 Å². The molecule has 10 heteroatoms. The minimum Gasteiger partial charge on any atom is -0.437 e. The van der Waals surface area contributed by atoms with Gasteiger partial charge in [0, 0.05) is 0 Å². The molecular formula is C11H9ClN2O4S3. The van der Waals surface area contributed by atoms with Gasteiger partial charge in [-0.05, 0) is 18.4 Å². The number of halogens is 1. The highest BCUT2D eigenvalue weighted by Crippen LogP contribution is 2.37. The number of aromatic nitrogens is 1. The Bertz CT molecular complexity index is 670. The molecule has 0 saturated carbocycles. The van der Waals surface area contributed by atoms with Gasteiger partial charge in [-0.2, -0.15) is 0 Å². The number of thiazole rings is 1. The summed E-state index contributed by atoms with van der Waals surface area (Å²) in [7, 11) is 1.20. The average molecular weight is 365 g/mol. The molecule has 0 aliphatic heterocycles. The van der Waals surface area contributed by atoms with Crippen LogP contribution < -0.4 is 10.1 Å². The van der Waals surface area contributed by atoms with Crippen LogP contribution in [0.1, 0.15) is 9.67 Å². The molecule has 0 atom stereocenters. The van der Waals surface area contributed by atoms with Gasteiger partial charge in [0.15, 0.2) is 10.2 Å². The minimum atomic E-state index is -0.874. The van der Waals surface area contributed by atoms with Crippen molar-refractivity contribution in [3.8, 4) is 5.06 Å². The minimum absolute atomic E-state index is 0.169. The third-order valence-electron chi connectivity index (χ3n) is 2.12. The lowest BCUT2D eigenvalue weighted by molar-refractivity contribution is 0.102. The molecule has 2 aromatic heterocycles. The molecule has 0 aromatic carbocycles. The van der Waals surface area contributed by atoms with Gasteiger partial charge in [0.1, 0.15) is 0 Å². The molecule has 2 aromatic rings. The number of thiophene rings is 1. The van der Waals surface area contributed by atoms with E-state index in [4.69, 9.17) is 16.3 Å². The number of nitrogens with zero attached hydrogens (tertiary/aromatic N) is 1. The zero-order valence-electron chi connectivity index (χ0n) is 10.8. The van der Waals surface area contributed by atoms with Gasteiger partial charge in [0.25, 0.3) is 5.91 Å². The number of ether oxygens (including phenoxy) is 2. The summed E-state index contributed by atoms with van der Waals surface area (Å²) < 4.78 is 10.5. The van der Waals surface area contributed by atoms with E-state index in [2.05, 4.69) is 15.0 Å². The number of anilines is 1. The highest BCUT2D eigenvalue weighted by Gasteiger charge is 2.19. The SMILES string of the molecule is COC(=O)Oc1sc(SC)nc1NC(=O)c1ccc(Cl)s1. The summed E-state index contributed by atoms with van der Waals surface area (Å²) in [5.74, 6) is -0.205. The number of methoxy groups -OCH3 is 1. The van der Waals surface area contributed by atoms with Gasteiger partial charge in [-0.15, -0.1) is 11.3 Å². The monoisotopic (exact) mass is 364 g/mol. The second-order valence-electron chi connectivity index (χ2n) is 3.43. The maximum atomic E-state index is 12.1. The van der Waals surface area contributed by atoms with Crippen LogP contribution >= 0.6 is 46.0 Å². The summed E-state index contributed by atoms with van der Waals surface area (Å²) in [6.07, 6.45) is 0.951. The molecule has 1 amide bonds. The van der Waals surface area contributed by atoms with E-state index in [1.54, 1.807) is 12.1 Å². The fraction of sp³-hybridized carbons (Fsp3) is 0.182. The van der Waals surface area contributed by atoms with Gasteiger partial charge in [-0.25, -0.2) is 9.78 Å². The molecule has 21 heavy (non-hydrogen) atoms. The quantitative estimate of drug-likeness (QED) is 0.653. The van der Waals surface area contributed by atoms with Crippen molar-refractivity contribution in [2.45, 2.75) is 4.34 Å². The molecule has 0 aliphatic carbocycles. The lowest BCUT2D eigenvalue weighted by atomic mass is 10.4. The van der Waals surface area contributed by atoms with Gasteiger partial charge in [0.05, 0.1) is 16.3 Å². The van der Waals surface area contributed by atoms with E-state index < -0.39 is 6.16 Å². The van der Waals surface area contributed by atoms with Crippen molar-refractivity contribution in [1.82, 2.24) is 4.98 Å². The summed E-state index contributed by atoms with van der Waals surface area (Å²) in [5, 5.41) is 2.76. The summed E-state index contributed by atoms with van der Waals surface area (Å²) >= 11 is 9.44. The lowest BCUT2D eigenvalue weighted by Crippen LogP contribution is -2.13. The van der Waals surface area contributed by atoms with Gasteiger partial charge in [0.2, 0.25) is 5.06 Å². The Morgan fingerprint density at radius 2 is 2.14 bits per heavy atom. The fourth-order valence-electron chi connectivity index (χ4n) is 1.25. The first-order chi connectivity index (χ1) is 10.0. The number of carbonyl (C=O) groups is 2. The van der Waals surface area contributed by atoms with Crippen molar-refractivity contribution in [1.29, 1.82) is 0 Å². The number of hydrogen-bond acceptors (Lipinski definition) is 8. The smallest absolute Gasteiger partial charge is 0.437 e. The first kappa shape index (κ1) is 16.1. The topological polar surface area (TPSA) is 77.5 Å². The molecular weight excluding hydrogens is 356 g/mol. The Balaban J connectivity index is 2.19. The summed E-state index contributed by atoms with van der Waals surface area (Å²) in [6.45, 7) is 0. The van der Waals surface area contributed by atoms with Crippen molar-refractivity contribution >= 4 is 63.9 Å². The zero-order chi connectivity index (χ0) is 15.4. The Morgan fingerprint density at radius 3 is 2.71 bits per heavy atom. The van der Waals surface area contributed by atoms with Crippen LogP contribution in [0, 0.1) is 0 Å². The van der Waals surface area contributed by atoms with E-state index in [0.29, 0.717) is 13.6 Å². The van der Waals surface area contributed by atoms with E-state index in [0.717, 1.165) is 22.7 Å². The number of nitrogens with one attached hydrogen (secondary N) is 1. The molecule has 0 saturated heterocycles. The molecule has 0 bridgehead atoms. The number of thioether (sulfide) groups is 1. The van der Waals surface area contributed by atoms with Crippen LogP contribution in [0.15, 0.2) is 16.5 Å². The zero-order valence-corrected chi connectivity index (χ0v) is 14.0. The Morgan fingerprint density at radius 1 is 1.38 bits per heavy atom. The van der Waals surface area contributed by atoms with Crippen molar-refractivity contribution in [3.05, 3.63) is 21.3 Å². The van der Waals surface area contributed by atoms with Crippen molar-refractivity contribution in [2.24, 2.45) is 0 Å². The number of carbonyl (C=O) groups excluding carboxylic acids is 2. The molecule has 0 radical (unpaired) electrons. The Kier molecular flexibility index (Phi) is 5.45. The number of hydrogen-bond donors (Lipinski definition) is 1. The standard InChI is InChI=1S/C11H9ClN2O4S3/c1-17-11(16)18-9-7(14-10(19-2)21-9)13-8(15)5-3-4-6(12)20-5/h3-4H,1-2H3,(H,13,15). The molecule has 0 unspecified atom stereocenters. The van der Waals surface area contributed by atoms with Gasteiger partial charge in [-0.1, -0.05) is 34.7 Å². The van der Waals surface area contributed by atoms with E-state index in [1.165, 1.54) is 18.9 Å². The van der Waals surface area contributed by atoms with Crippen molar-refractivity contribution in [2.75, 3.05) is 18.7 Å². The largest absolute Gasteiger partial charge is 0.514 e. The molecule has 0 aliphatic rings. The predicted molar refractivity (Wildman–Crippen MR) is 84.2 cm³/mol. The fourth-order valence-corrected chi connectivity index (χ4v) is 3.53. The molecule has 6 nitrogen and oxygen atoms in total. The van der Waals surface area contributed by atoms with E-state index in [-0.39, 0.29) is 16.8 Å². The molecule has 0 spiro atoms. The molecule has 0 fully saturated rings. The lowest BCUT2D eigenvalue weighted by Gasteiger charge is -2.03. The highest BCUT2D eigenvalue weighted by atomic mass is 35.5. The molecule has 2 heterocycles. The van der Waals surface area contributed by atoms with Crippen LogP contribution in [0.4, 0.5) is 10.6 Å². The predicted octanol–water partition coefficient (Wildman–Crippen LogP) is 3.98. The Labute approximate surface area is 137 Å². The normalized spacial score (nSPS) is 10.2.